The van der Waals surface area contributed by atoms with E-state index in [9.17, 15) is 0 Å². The number of imidazole rings is 1. The van der Waals surface area contributed by atoms with Crippen LogP contribution in [0.2, 0.25) is 0 Å². The van der Waals surface area contributed by atoms with Gasteiger partial charge in [0, 0.05) is 25.2 Å². The molecule has 1 heterocycles. The Balaban J connectivity index is 2.25. The van der Waals surface area contributed by atoms with E-state index in [4.69, 9.17) is 5.73 Å². The summed E-state index contributed by atoms with van der Waals surface area (Å²) in [6.45, 7) is 12.9. The molecule has 0 amide bonds. The zero-order chi connectivity index (χ0) is 14.9. The molecule has 1 aromatic heterocycles. The Kier molecular flexibility index (Phi) is 4.33. The van der Waals surface area contributed by atoms with Crippen molar-refractivity contribution < 1.29 is 0 Å². The smallest absolute Gasteiger partial charge is 0.201 e. The van der Waals surface area contributed by atoms with Crippen molar-refractivity contribution in [3.05, 3.63) is 23.8 Å². The van der Waals surface area contributed by atoms with Gasteiger partial charge in [0.15, 0.2) is 0 Å². The topological polar surface area (TPSA) is 47.1 Å². The molecule has 0 spiro atoms. The molecule has 110 valence electrons. The summed E-state index contributed by atoms with van der Waals surface area (Å²) >= 11 is 0. The zero-order valence-corrected chi connectivity index (χ0v) is 13.2. The largest absolute Gasteiger partial charge is 0.369 e. The van der Waals surface area contributed by atoms with E-state index in [1.807, 2.05) is 6.07 Å². The molecule has 0 fully saturated rings. The van der Waals surface area contributed by atoms with Gasteiger partial charge in [-0.05, 0) is 52.3 Å². The fourth-order valence-electron chi connectivity index (χ4n) is 2.81. The molecule has 0 atom stereocenters. The van der Waals surface area contributed by atoms with Crippen LogP contribution in [0, 0.1) is 6.92 Å². The number of rotatable bonds is 5. The molecule has 20 heavy (non-hydrogen) atoms. The molecular formula is C16H26N4. The molecule has 4 nitrogen and oxygen atoms in total. The number of hydrogen-bond donors (Lipinski definition) is 1. The first-order valence-corrected chi connectivity index (χ1v) is 7.38. The predicted molar refractivity (Wildman–Crippen MR) is 85.9 cm³/mol. The van der Waals surface area contributed by atoms with Crippen LogP contribution in [0.1, 0.15) is 33.3 Å². The van der Waals surface area contributed by atoms with E-state index >= 15 is 0 Å². The number of aromatic nitrogens is 2. The lowest BCUT2D eigenvalue weighted by atomic mass is 10.2. The number of nitrogens with two attached hydrogens (primary N) is 1. The van der Waals surface area contributed by atoms with E-state index in [1.54, 1.807) is 0 Å². The highest BCUT2D eigenvalue weighted by Crippen LogP contribution is 2.19. The summed E-state index contributed by atoms with van der Waals surface area (Å²) in [6, 6.07) is 7.35. The quantitative estimate of drug-likeness (QED) is 0.911. The van der Waals surface area contributed by atoms with Crippen molar-refractivity contribution in [3.63, 3.8) is 0 Å². The van der Waals surface area contributed by atoms with E-state index in [0.717, 1.165) is 24.1 Å². The van der Waals surface area contributed by atoms with Gasteiger partial charge in [0.2, 0.25) is 5.95 Å². The first-order chi connectivity index (χ1) is 9.40. The van der Waals surface area contributed by atoms with Crippen molar-refractivity contribution in [3.8, 4) is 0 Å². The van der Waals surface area contributed by atoms with Crippen LogP contribution in [0.4, 0.5) is 5.95 Å². The van der Waals surface area contributed by atoms with Crippen LogP contribution in [0.5, 0.6) is 0 Å². The summed E-state index contributed by atoms with van der Waals surface area (Å²) in [5.41, 5.74) is 9.43. The van der Waals surface area contributed by atoms with E-state index < -0.39 is 0 Å². The van der Waals surface area contributed by atoms with E-state index in [2.05, 4.69) is 61.2 Å². The van der Waals surface area contributed by atoms with Gasteiger partial charge in [-0.25, -0.2) is 4.98 Å². The minimum Gasteiger partial charge on any atom is -0.369 e. The maximum Gasteiger partial charge on any atom is 0.201 e. The van der Waals surface area contributed by atoms with Gasteiger partial charge >= 0.3 is 0 Å². The minimum absolute atomic E-state index is 0.535. The SMILES string of the molecule is Cc1ccc2nc(N)n(CCN(C(C)C)C(C)C)c2c1. The van der Waals surface area contributed by atoms with Crippen molar-refractivity contribution in [2.45, 2.75) is 53.2 Å². The van der Waals surface area contributed by atoms with Gasteiger partial charge in [0.25, 0.3) is 0 Å². The van der Waals surface area contributed by atoms with Gasteiger partial charge in [-0.15, -0.1) is 0 Å². The normalized spacial score (nSPS) is 12.2. The second-order valence-corrected chi connectivity index (χ2v) is 6.04. The summed E-state index contributed by atoms with van der Waals surface area (Å²) < 4.78 is 2.13. The number of aryl methyl sites for hydroxylation is 1. The molecule has 0 bridgehead atoms. The standard InChI is InChI=1S/C16H26N4/c1-11(2)19(12(3)4)8-9-20-15-10-13(5)6-7-14(15)18-16(20)17/h6-7,10-12H,8-9H2,1-5H3,(H2,17,18). The zero-order valence-electron chi connectivity index (χ0n) is 13.2. The molecule has 2 aromatic rings. The number of nitrogens with zero attached hydrogens (tertiary/aromatic N) is 3. The van der Waals surface area contributed by atoms with Crippen LogP contribution in [0.25, 0.3) is 11.0 Å². The van der Waals surface area contributed by atoms with Gasteiger partial charge in [-0.1, -0.05) is 6.07 Å². The Morgan fingerprint density at radius 3 is 2.45 bits per heavy atom. The van der Waals surface area contributed by atoms with Crippen molar-refractivity contribution in [1.29, 1.82) is 0 Å². The average Bonchev–Trinajstić information content (AvgIpc) is 2.65. The molecule has 0 aliphatic carbocycles. The van der Waals surface area contributed by atoms with Gasteiger partial charge < -0.3 is 10.3 Å². The Labute approximate surface area is 121 Å². The highest BCUT2D eigenvalue weighted by atomic mass is 15.2. The van der Waals surface area contributed by atoms with E-state index in [0.29, 0.717) is 18.0 Å². The van der Waals surface area contributed by atoms with Gasteiger partial charge in [0.05, 0.1) is 11.0 Å². The molecule has 0 unspecified atom stereocenters. The molecule has 2 N–H and O–H groups in total. The molecule has 0 saturated carbocycles. The number of fused-ring (bicyclic) bond motifs is 1. The first-order valence-electron chi connectivity index (χ1n) is 7.38. The average molecular weight is 274 g/mol. The molecule has 0 aliphatic heterocycles. The first kappa shape index (κ1) is 14.9. The maximum absolute atomic E-state index is 6.08. The van der Waals surface area contributed by atoms with Crippen LogP contribution in [-0.4, -0.2) is 33.1 Å². The molecule has 2 rings (SSSR count). The third kappa shape index (κ3) is 2.96. The Hall–Kier alpha value is -1.55. The Morgan fingerprint density at radius 2 is 1.85 bits per heavy atom. The van der Waals surface area contributed by atoms with Crippen molar-refractivity contribution >= 4 is 17.0 Å². The van der Waals surface area contributed by atoms with Crippen molar-refractivity contribution in [2.75, 3.05) is 12.3 Å². The van der Waals surface area contributed by atoms with Crippen LogP contribution in [0.3, 0.4) is 0 Å². The fraction of sp³-hybridized carbons (Fsp3) is 0.562. The molecule has 1 aromatic carbocycles. The molecule has 0 saturated heterocycles. The molecular weight excluding hydrogens is 248 g/mol. The summed E-state index contributed by atoms with van der Waals surface area (Å²) in [7, 11) is 0. The lowest BCUT2D eigenvalue weighted by Gasteiger charge is -2.30. The molecule has 0 aliphatic rings. The van der Waals surface area contributed by atoms with Gasteiger partial charge in [0.1, 0.15) is 0 Å². The molecule has 4 heteroatoms. The van der Waals surface area contributed by atoms with Gasteiger partial charge in [-0.2, -0.15) is 0 Å². The summed E-state index contributed by atoms with van der Waals surface area (Å²) in [4.78, 5) is 6.92. The lowest BCUT2D eigenvalue weighted by Crippen LogP contribution is -2.39. The van der Waals surface area contributed by atoms with Crippen molar-refractivity contribution in [2.24, 2.45) is 0 Å². The monoisotopic (exact) mass is 274 g/mol. The van der Waals surface area contributed by atoms with Crippen molar-refractivity contribution in [1.82, 2.24) is 14.5 Å². The number of benzene rings is 1. The Bertz CT molecular complexity index is 575. The maximum atomic E-state index is 6.08. The van der Waals surface area contributed by atoms with Crippen LogP contribution < -0.4 is 5.73 Å². The highest BCUT2D eigenvalue weighted by molar-refractivity contribution is 5.79. The summed E-state index contributed by atoms with van der Waals surface area (Å²) in [6.07, 6.45) is 0. The summed E-state index contributed by atoms with van der Waals surface area (Å²) in [5.74, 6) is 0.609. The van der Waals surface area contributed by atoms with Crippen LogP contribution >= 0.6 is 0 Å². The predicted octanol–water partition coefficient (Wildman–Crippen LogP) is 3.05. The second-order valence-electron chi connectivity index (χ2n) is 6.04. The highest BCUT2D eigenvalue weighted by Gasteiger charge is 2.15. The third-order valence-corrected chi connectivity index (χ3v) is 3.84. The van der Waals surface area contributed by atoms with E-state index in [-0.39, 0.29) is 0 Å². The molecule has 0 radical (unpaired) electrons. The lowest BCUT2D eigenvalue weighted by molar-refractivity contribution is 0.169. The fourth-order valence-corrected chi connectivity index (χ4v) is 2.81. The number of hydrogen-bond acceptors (Lipinski definition) is 3. The second kappa shape index (κ2) is 5.83. The van der Waals surface area contributed by atoms with Crippen LogP contribution in [0.15, 0.2) is 18.2 Å². The third-order valence-electron chi connectivity index (χ3n) is 3.84. The van der Waals surface area contributed by atoms with Gasteiger partial charge in [-0.3, -0.25) is 4.90 Å². The van der Waals surface area contributed by atoms with Crippen LogP contribution in [-0.2, 0) is 6.54 Å². The Morgan fingerprint density at radius 1 is 1.20 bits per heavy atom. The minimum atomic E-state index is 0.535. The number of nitrogen functional groups attached to an aromatic ring is 1. The number of anilines is 1. The summed E-state index contributed by atoms with van der Waals surface area (Å²) in [5, 5.41) is 0. The van der Waals surface area contributed by atoms with E-state index in [1.165, 1.54) is 5.56 Å².